The molecule has 3 heteroatoms. The van der Waals surface area contributed by atoms with E-state index in [9.17, 15) is 0 Å². The molecule has 0 aromatic heterocycles. The van der Waals surface area contributed by atoms with Crippen LogP contribution in [-0.4, -0.2) is 6.04 Å². The van der Waals surface area contributed by atoms with Crippen LogP contribution in [0.3, 0.4) is 0 Å². The van der Waals surface area contributed by atoms with E-state index in [1.165, 1.54) is 44.9 Å². The number of allylic oxidation sites excluding steroid dienone is 2. The molecule has 42 heavy (non-hydrogen) atoms. The predicted molar refractivity (Wildman–Crippen MR) is 172 cm³/mol. The average molecular weight is 543 g/mol. The molecule has 9 rings (SSSR count). The van der Waals surface area contributed by atoms with Crippen molar-refractivity contribution in [2.24, 2.45) is 0 Å². The molecule has 5 aromatic carbocycles. The summed E-state index contributed by atoms with van der Waals surface area (Å²) in [6, 6.07) is 39.9. The third-order valence-corrected chi connectivity index (χ3v) is 9.54. The van der Waals surface area contributed by atoms with Gasteiger partial charge in [-0.2, -0.15) is 0 Å². The highest BCUT2D eigenvalue weighted by molar-refractivity contribution is 5.95. The number of ether oxygens (including phenoxy) is 1. The van der Waals surface area contributed by atoms with Gasteiger partial charge in [0.1, 0.15) is 0 Å². The molecular weight excluding hydrogens is 512 g/mol. The van der Waals surface area contributed by atoms with Crippen molar-refractivity contribution in [3.05, 3.63) is 150 Å². The van der Waals surface area contributed by atoms with Crippen LogP contribution in [0.15, 0.2) is 133 Å². The number of hydrogen-bond acceptors (Lipinski definition) is 3. The lowest BCUT2D eigenvalue weighted by Crippen LogP contribution is -2.32. The van der Waals surface area contributed by atoms with Crippen LogP contribution in [0.5, 0.6) is 11.5 Å². The molecule has 0 fully saturated rings. The summed E-state index contributed by atoms with van der Waals surface area (Å²) in [5.74, 6) is 2.13. The van der Waals surface area contributed by atoms with Crippen LogP contribution < -0.4 is 14.5 Å². The third kappa shape index (κ3) is 3.16. The number of anilines is 5. The van der Waals surface area contributed by atoms with Gasteiger partial charge in [0.2, 0.25) is 0 Å². The van der Waals surface area contributed by atoms with Crippen LogP contribution in [0.25, 0.3) is 11.1 Å². The first-order valence-electron chi connectivity index (χ1n) is 14.8. The molecule has 0 N–H and O–H groups in total. The van der Waals surface area contributed by atoms with E-state index in [2.05, 4.69) is 157 Å². The summed E-state index contributed by atoms with van der Waals surface area (Å²) in [7, 11) is 0. The first-order chi connectivity index (χ1) is 20.6. The fourth-order valence-electron chi connectivity index (χ4n) is 7.52. The Kier molecular flexibility index (Phi) is 4.79. The predicted octanol–water partition coefficient (Wildman–Crippen LogP) is 10.3. The molecule has 4 aliphatic rings. The minimum Gasteiger partial charge on any atom is -0.453 e. The molecule has 0 saturated carbocycles. The summed E-state index contributed by atoms with van der Waals surface area (Å²) in [6.45, 7) is 4.68. The van der Waals surface area contributed by atoms with Crippen molar-refractivity contribution in [2.45, 2.75) is 31.2 Å². The van der Waals surface area contributed by atoms with Crippen molar-refractivity contribution in [1.29, 1.82) is 0 Å². The van der Waals surface area contributed by atoms with Gasteiger partial charge in [0.25, 0.3) is 0 Å². The van der Waals surface area contributed by atoms with Gasteiger partial charge in [0.15, 0.2) is 11.5 Å². The fraction of sp³-hybridized carbons (Fsp3) is 0.128. The average Bonchev–Trinajstić information content (AvgIpc) is 3.37. The van der Waals surface area contributed by atoms with E-state index in [1.54, 1.807) is 0 Å². The number of benzene rings is 5. The smallest absolute Gasteiger partial charge is 0.152 e. The van der Waals surface area contributed by atoms with E-state index in [-0.39, 0.29) is 11.5 Å². The summed E-state index contributed by atoms with van der Waals surface area (Å²) >= 11 is 0. The topological polar surface area (TPSA) is 15.7 Å². The van der Waals surface area contributed by atoms with Crippen molar-refractivity contribution >= 4 is 28.4 Å². The third-order valence-electron chi connectivity index (χ3n) is 9.54. The maximum absolute atomic E-state index is 6.68. The van der Waals surface area contributed by atoms with Gasteiger partial charge in [-0.15, -0.1) is 0 Å². The molecule has 0 saturated heterocycles. The van der Waals surface area contributed by atoms with Gasteiger partial charge < -0.3 is 14.5 Å². The minimum absolute atomic E-state index is 0.194. The van der Waals surface area contributed by atoms with Crippen LogP contribution in [0, 0.1) is 0 Å². The van der Waals surface area contributed by atoms with Gasteiger partial charge in [0, 0.05) is 22.7 Å². The number of nitrogens with zero attached hydrogens (tertiary/aromatic N) is 2. The quantitative estimate of drug-likeness (QED) is 0.216. The molecule has 3 heterocycles. The maximum atomic E-state index is 6.68. The maximum Gasteiger partial charge on any atom is 0.152 e. The standard InChI is InChI=1S/C39H30N2O/c1-39(2)30-15-7-9-17-33(30)41-34-18-10-11-19-36(34)42-37-24-26(22-31(39)38(37)41)25-20-21-29-28-14-6-8-16-32(28)40(35(29)23-25)27-12-4-3-5-13-27/h3-24,28,32H,1-2H3. The van der Waals surface area contributed by atoms with Gasteiger partial charge in [-0.1, -0.05) is 98.8 Å². The van der Waals surface area contributed by atoms with Crippen molar-refractivity contribution in [1.82, 2.24) is 0 Å². The highest BCUT2D eigenvalue weighted by Gasteiger charge is 2.42. The Morgan fingerprint density at radius 2 is 1.38 bits per heavy atom. The number of fused-ring (bicyclic) bond motifs is 7. The number of para-hydroxylation sites is 4. The summed E-state index contributed by atoms with van der Waals surface area (Å²) in [6.07, 6.45) is 9.04. The zero-order valence-electron chi connectivity index (χ0n) is 23.7. The first-order valence-corrected chi connectivity index (χ1v) is 14.8. The lowest BCUT2D eigenvalue weighted by molar-refractivity contribution is 0.471. The Morgan fingerprint density at radius 3 is 2.26 bits per heavy atom. The zero-order chi connectivity index (χ0) is 28.0. The minimum atomic E-state index is -0.194. The lowest BCUT2D eigenvalue weighted by atomic mass is 9.72. The van der Waals surface area contributed by atoms with Crippen LogP contribution in [-0.2, 0) is 5.41 Å². The van der Waals surface area contributed by atoms with E-state index >= 15 is 0 Å². The molecule has 2 unspecified atom stereocenters. The van der Waals surface area contributed by atoms with Crippen LogP contribution in [0.4, 0.5) is 28.4 Å². The second-order valence-electron chi connectivity index (χ2n) is 12.2. The molecule has 0 spiro atoms. The monoisotopic (exact) mass is 542 g/mol. The summed E-state index contributed by atoms with van der Waals surface area (Å²) in [5.41, 5.74) is 12.1. The normalized spacial score (nSPS) is 19.8. The summed E-state index contributed by atoms with van der Waals surface area (Å²) in [5, 5.41) is 0. The van der Waals surface area contributed by atoms with Gasteiger partial charge in [-0.3, -0.25) is 0 Å². The Balaban J connectivity index is 1.25. The second-order valence-corrected chi connectivity index (χ2v) is 12.2. The molecule has 0 radical (unpaired) electrons. The van der Waals surface area contributed by atoms with Gasteiger partial charge in [-0.25, -0.2) is 0 Å². The Labute approximate surface area is 246 Å². The van der Waals surface area contributed by atoms with Crippen LogP contribution in [0.2, 0.25) is 0 Å². The number of rotatable bonds is 2. The molecule has 202 valence electrons. The lowest BCUT2D eigenvalue weighted by Gasteiger charge is -2.45. The highest BCUT2D eigenvalue weighted by atomic mass is 16.5. The number of hydrogen-bond donors (Lipinski definition) is 0. The summed E-state index contributed by atoms with van der Waals surface area (Å²) < 4.78 is 6.68. The molecule has 5 aromatic rings. The fourth-order valence-corrected chi connectivity index (χ4v) is 7.52. The van der Waals surface area contributed by atoms with E-state index in [4.69, 9.17) is 4.74 Å². The van der Waals surface area contributed by atoms with Crippen molar-refractivity contribution in [2.75, 3.05) is 9.80 Å². The second kappa shape index (κ2) is 8.50. The Hall–Kier alpha value is -5.02. The molecular formula is C39H30N2O. The zero-order valence-corrected chi connectivity index (χ0v) is 23.7. The van der Waals surface area contributed by atoms with Crippen molar-refractivity contribution < 1.29 is 4.74 Å². The van der Waals surface area contributed by atoms with E-state index in [0.29, 0.717) is 5.92 Å². The highest BCUT2D eigenvalue weighted by Crippen LogP contribution is 2.60. The van der Waals surface area contributed by atoms with Gasteiger partial charge in [-0.05, 0) is 76.3 Å². The van der Waals surface area contributed by atoms with Crippen LogP contribution in [0.1, 0.15) is 36.5 Å². The molecule has 0 amide bonds. The van der Waals surface area contributed by atoms with Crippen LogP contribution >= 0.6 is 0 Å². The van der Waals surface area contributed by atoms with Crippen molar-refractivity contribution in [3.8, 4) is 22.6 Å². The Bertz CT molecular complexity index is 1970. The van der Waals surface area contributed by atoms with Crippen molar-refractivity contribution in [3.63, 3.8) is 0 Å². The molecule has 0 bridgehead atoms. The first kappa shape index (κ1) is 23.7. The Morgan fingerprint density at radius 1 is 0.619 bits per heavy atom. The molecule has 3 aliphatic heterocycles. The van der Waals surface area contributed by atoms with E-state index in [1.807, 2.05) is 0 Å². The largest absolute Gasteiger partial charge is 0.453 e. The van der Waals surface area contributed by atoms with Gasteiger partial charge >= 0.3 is 0 Å². The van der Waals surface area contributed by atoms with E-state index in [0.717, 1.165) is 22.9 Å². The van der Waals surface area contributed by atoms with E-state index < -0.39 is 0 Å². The van der Waals surface area contributed by atoms with Gasteiger partial charge in [0.05, 0.1) is 23.1 Å². The molecule has 1 aliphatic carbocycles. The molecule has 2 atom stereocenters. The SMILES string of the molecule is CC1(C)c2ccccc2N2c3ccccc3Oc3cc(-c4ccc5c(c4)N(c4ccccc4)C4C=CC=CC54)cc1c32. The molecule has 3 nitrogen and oxygen atoms in total. The summed E-state index contributed by atoms with van der Waals surface area (Å²) in [4.78, 5) is 4.90.